The van der Waals surface area contributed by atoms with E-state index in [1.807, 2.05) is 0 Å². The number of aromatic nitrogens is 2. The van der Waals surface area contributed by atoms with Crippen LogP contribution in [0.2, 0.25) is 0 Å². The quantitative estimate of drug-likeness (QED) is 0.660. The molecule has 5 nitrogen and oxygen atoms in total. The predicted octanol–water partition coefficient (Wildman–Crippen LogP) is 3.42. The third kappa shape index (κ3) is 3.02. The number of nitrogens with zero attached hydrogens (tertiary/aromatic N) is 2. The highest BCUT2D eigenvalue weighted by Crippen LogP contribution is 2.32. The number of rotatable bonds is 2. The minimum absolute atomic E-state index is 0.0488. The first-order chi connectivity index (χ1) is 9.61. The first-order valence-corrected chi connectivity index (χ1v) is 7.24. The van der Waals surface area contributed by atoms with E-state index in [1.165, 1.54) is 10.9 Å². The van der Waals surface area contributed by atoms with Crippen LogP contribution in [-0.4, -0.2) is 21.4 Å². The van der Waals surface area contributed by atoms with Crippen LogP contribution in [0.1, 0.15) is 33.7 Å². The van der Waals surface area contributed by atoms with Crippen LogP contribution in [0.15, 0.2) is 16.7 Å². The number of carbonyl (C=O) groups is 1. The van der Waals surface area contributed by atoms with Gasteiger partial charge in [-0.1, -0.05) is 0 Å². The summed E-state index contributed by atoms with van der Waals surface area (Å²) in [5, 5.41) is 4.79. The first kappa shape index (κ1) is 15.8. The van der Waals surface area contributed by atoms with Gasteiger partial charge >= 0.3 is 5.97 Å². The maximum atomic E-state index is 13.9. The second-order valence-electron chi connectivity index (χ2n) is 5.82. The number of ether oxygens (including phenoxy) is 1. The summed E-state index contributed by atoms with van der Waals surface area (Å²) < 4.78 is 20.9. The van der Waals surface area contributed by atoms with E-state index in [-0.39, 0.29) is 10.2 Å². The fourth-order valence-electron chi connectivity index (χ4n) is 1.97. The standard InChI is InChI=1S/C14H17BrFN3O2/c1-7(13(20)21-14(2,3)4)19-12-8(6-18-19)5-9(15)10(16)11(12)17/h5-7H,17H2,1-4H3. The highest BCUT2D eigenvalue weighted by atomic mass is 79.9. The van der Waals surface area contributed by atoms with Crippen molar-refractivity contribution in [2.24, 2.45) is 0 Å². The Morgan fingerprint density at radius 2 is 2.14 bits per heavy atom. The lowest BCUT2D eigenvalue weighted by Gasteiger charge is -2.22. The van der Waals surface area contributed by atoms with Crippen molar-refractivity contribution >= 4 is 38.5 Å². The van der Waals surface area contributed by atoms with Gasteiger partial charge < -0.3 is 10.5 Å². The van der Waals surface area contributed by atoms with Crippen molar-refractivity contribution < 1.29 is 13.9 Å². The van der Waals surface area contributed by atoms with Crippen molar-refractivity contribution in [3.8, 4) is 0 Å². The van der Waals surface area contributed by atoms with Crippen LogP contribution >= 0.6 is 15.9 Å². The van der Waals surface area contributed by atoms with E-state index in [0.29, 0.717) is 10.9 Å². The lowest BCUT2D eigenvalue weighted by atomic mass is 10.2. The fourth-order valence-corrected chi connectivity index (χ4v) is 2.43. The summed E-state index contributed by atoms with van der Waals surface area (Å²) in [5.74, 6) is -1.02. The summed E-state index contributed by atoms with van der Waals surface area (Å²) in [7, 11) is 0. The van der Waals surface area contributed by atoms with Crippen LogP contribution in [0.4, 0.5) is 10.1 Å². The molecule has 2 N–H and O–H groups in total. The number of hydrogen-bond acceptors (Lipinski definition) is 4. The van der Waals surface area contributed by atoms with E-state index in [9.17, 15) is 9.18 Å². The SMILES string of the molecule is CC(C(=O)OC(C)(C)C)n1ncc2cc(Br)c(F)c(N)c21. The Kier molecular flexibility index (Phi) is 3.97. The molecule has 0 amide bonds. The molecule has 2 aromatic rings. The topological polar surface area (TPSA) is 70.1 Å². The maximum Gasteiger partial charge on any atom is 0.331 e. The summed E-state index contributed by atoms with van der Waals surface area (Å²) >= 11 is 3.10. The van der Waals surface area contributed by atoms with Gasteiger partial charge in [0.25, 0.3) is 0 Å². The smallest absolute Gasteiger partial charge is 0.331 e. The van der Waals surface area contributed by atoms with E-state index in [4.69, 9.17) is 10.5 Å². The van der Waals surface area contributed by atoms with Gasteiger partial charge in [0.15, 0.2) is 5.82 Å². The van der Waals surface area contributed by atoms with Gasteiger partial charge in [0.1, 0.15) is 11.6 Å². The van der Waals surface area contributed by atoms with E-state index < -0.39 is 23.4 Å². The van der Waals surface area contributed by atoms with E-state index in [1.54, 1.807) is 33.8 Å². The number of esters is 1. The number of nitrogens with two attached hydrogens (primary N) is 1. The zero-order valence-electron chi connectivity index (χ0n) is 12.3. The third-order valence-corrected chi connectivity index (χ3v) is 3.50. The first-order valence-electron chi connectivity index (χ1n) is 6.45. The molecule has 114 valence electrons. The van der Waals surface area contributed by atoms with Gasteiger partial charge in [-0.3, -0.25) is 0 Å². The average Bonchev–Trinajstić information content (AvgIpc) is 2.76. The molecule has 1 unspecified atom stereocenters. The second kappa shape index (κ2) is 5.29. The molecule has 2 rings (SSSR count). The van der Waals surface area contributed by atoms with Crippen LogP contribution in [0, 0.1) is 5.82 Å². The lowest BCUT2D eigenvalue weighted by molar-refractivity contribution is -0.158. The molecule has 0 aliphatic carbocycles. The molecule has 21 heavy (non-hydrogen) atoms. The van der Waals surface area contributed by atoms with Crippen LogP contribution in [0.5, 0.6) is 0 Å². The van der Waals surface area contributed by atoms with Gasteiger partial charge in [-0.15, -0.1) is 0 Å². The Morgan fingerprint density at radius 3 is 2.71 bits per heavy atom. The molecule has 0 aliphatic heterocycles. The molecule has 1 aromatic carbocycles. The average molecular weight is 358 g/mol. The Bertz CT molecular complexity index is 706. The Balaban J connectivity index is 2.48. The summed E-state index contributed by atoms with van der Waals surface area (Å²) in [5.41, 5.74) is 5.54. The van der Waals surface area contributed by atoms with Crippen molar-refractivity contribution in [1.29, 1.82) is 0 Å². The monoisotopic (exact) mass is 357 g/mol. The summed E-state index contributed by atoms with van der Waals surface area (Å²) in [6, 6.07) is 0.872. The normalized spacial score (nSPS) is 13.4. The van der Waals surface area contributed by atoms with Crippen molar-refractivity contribution in [2.45, 2.75) is 39.3 Å². The maximum absolute atomic E-state index is 13.9. The van der Waals surface area contributed by atoms with Gasteiger partial charge in [-0.05, 0) is 49.7 Å². The molecule has 0 saturated carbocycles. The Hall–Kier alpha value is -1.63. The zero-order chi connectivity index (χ0) is 15.9. The number of carbonyl (C=O) groups excluding carboxylic acids is 1. The molecule has 0 spiro atoms. The lowest BCUT2D eigenvalue weighted by Crippen LogP contribution is -2.29. The molecule has 0 fully saturated rings. The summed E-state index contributed by atoms with van der Waals surface area (Å²) in [6.45, 7) is 6.98. The minimum atomic E-state index is -0.704. The highest BCUT2D eigenvalue weighted by molar-refractivity contribution is 9.10. The van der Waals surface area contributed by atoms with E-state index in [0.717, 1.165) is 0 Å². The molecule has 0 bridgehead atoms. The van der Waals surface area contributed by atoms with Crippen molar-refractivity contribution in [3.05, 3.63) is 22.6 Å². The van der Waals surface area contributed by atoms with Gasteiger partial charge in [0, 0.05) is 5.39 Å². The second-order valence-corrected chi connectivity index (χ2v) is 6.68. The van der Waals surface area contributed by atoms with E-state index in [2.05, 4.69) is 21.0 Å². The Morgan fingerprint density at radius 1 is 1.52 bits per heavy atom. The van der Waals surface area contributed by atoms with Crippen LogP contribution in [0.3, 0.4) is 0 Å². The molecular formula is C14H17BrFN3O2. The third-order valence-electron chi connectivity index (χ3n) is 2.92. The van der Waals surface area contributed by atoms with Gasteiger partial charge in [0.05, 0.1) is 21.9 Å². The van der Waals surface area contributed by atoms with Crippen LogP contribution in [0.25, 0.3) is 10.9 Å². The van der Waals surface area contributed by atoms with Crippen molar-refractivity contribution in [3.63, 3.8) is 0 Å². The number of nitrogen functional groups attached to an aromatic ring is 1. The molecule has 1 aromatic heterocycles. The zero-order valence-corrected chi connectivity index (χ0v) is 13.9. The number of fused-ring (bicyclic) bond motifs is 1. The Labute approximate surface area is 130 Å². The highest BCUT2D eigenvalue weighted by Gasteiger charge is 2.26. The minimum Gasteiger partial charge on any atom is -0.458 e. The van der Waals surface area contributed by atoms with Crippen molar-refractivity contribution in [1.82, 2.24) is 9.78 Å². The van der Waals surface area contributed by atoms with Gasteiger partial charge in [-0.2, -0.15) is 5.10 Å². The molecule has 0 radical (unpaired) electrons. The van der Waals surface area contributed by atoms with Crippen molar-refractivity contribution in [2.75, 3.05) is 5.73 Å². The van der Waals surface area contributed by atoms with Gasteiger partial charge in [0.2, 0.25) is 0 Å². The molecule has 1 heterocycles. The summed E-state index contributed by atoms with van der Waals surface area (Å²) in [6.07, 6.45) is 1.54. The molecular weight excluding hydrogens is 341 g/mol. The van der Waals surface area contributed by atoms with Gasteiger partial charge in [-0.25, -0.2) is 13.9 Å². The number of anilines is 1. The summed E-state index contributed by atoms with van der Waals surface area (Å²) in [4.78, 5) is 12.1. The molecule has 0 aliphatic rings. The molecule has 1 atom stereocenters. The number of benzene rings is 1. The molecule has 7 heteroatoms. The predicted molar refractivity (Wildman–Crippen MR) is 82.4 cm³/mol. The number of hydrogen-bond donors (Lipinski definition) is 1. The van der Waals surface area contributed by atoms with Crippen LogP contribution in [-0.2, 0) is 9.53 Å². The largest absolute Gasteiger partial charge is 0.458 e. The fraction of sp³-hybridized carbons (Fsp3) is 0.429. The van der Waals surface area contributed by atoms with Crippen LogP contribution < -0.4 is 5.73 Å². The molecule has 0 saturated heterocycles. The number of halogens is 2. The van der Waals surface area contributed by atoms with E-state index >= 15 is 0 Å².